The maximum absolute atomic E-state index is 12.8. The van der Waals surface area contributed by atoms with Gasteiger partial charge in [0.2, 0.25) is 5.88 Å². The molecule has 3 rings (SSSR count). The number of hydrogen-bond donors (Lipinski definition) is 1. The van der Waals surface area contributed by atoms with E-state index in [9.17, 15) is 18.0 Å². The van der Waals surface area contributed by atoms with E-state index in [1.54, 1.807) is 18.2 Å². The Balaban J connectivity index is 1.75. The van der Waals surface area contributed by atoms with Crippen molar-refractivity contribution in [2.45, 2.75) is 6.18 Å². The minimum absolute atomic E-state index is 0.0972. The molecule has 0 saturated heterocycles. The first kappa shape index (κ1) is 17.4. The van der Waals surface area contributed by atoms with Gasteiger partial charge in [-0.25, -0.2) is 4.98 Å². The lowest BCUT2D eigenvalue weighted by Gasteiger charge is -2.10. The monoisotopic (exact) mass is 359 g/mol. The third-order valence-corrected chi connectivity index (χ3v) is 3.31. The van der Waals surface area contributed by atoms with Gasteiger partial charge in [0.1, 0.15) is 5.75 Å². The van der Waals surface area contributed by atoms with Gasteiger partial charge in [-0.2, -0.15) is 13.2 Å². The Morgan fingerprint density at radius 1 is 1.04 bits per heavy atom. The van der Waals surface area contributed by atoms with E-state index in [4.69, 9.17) is 4.74 Å². The molecule has 1 heterocycles. The number of amides is 1. The van der Waals surface area contributed by atoms with Crippen LogP contribution in [0, 0.1) is 0 Å². The number of aromatic nitrogens is 2. The van der Waals surface area contributed by atoms with Crippen molar-refractivity contribution in [3.05, 3.63) is 78.2 Å². The Labute approximate surface area is 146 Å². The number of carbonyl (C=O) groups is 1. The molecular formula is C18H12F3N3O2. The molecule has 0 bridgehead atoms. The molecule has 0 fully saturated rings. The number of halogens is 3. The van der Waals surface area contributed by atoms with Crippen LogP contribution in [0.2, 0.25) is 0 Å². The van der Waals surface area contributed by atoms with Gasteiger partial charge in [-0.05, 0) is 30.3 Å². The zero-order chi connectivity index (χ0) is 18.6. The van der Waals surface area contributed by atoms with Crippen molar-refractivity contribution in [3.63, 3.8) is 0 Å². The molecule has 132 valence electrons. The molecule has 8 heteroatoms. The Morgan fingerprint density at radius 2 is 1.85 bits per heavy atom. The van der Waals surface area contributed by atoms with Gasteiger partial charge in [0.15, 0.2) is 0 Å². The van der Waals surface area contributed by atoms with Crippen molar-refractivity contribution < 1.29 is 22.7 Å². The highest BCUT2D eigenvalue weighted by Crippen LogP contribution is 2.30. The Bertz CT molecular complexity index is 915. The van der Waals surface area contributed by atoms with Gasteiger partial charge in [-0.15, -0.1) is 0 Å². The molecule has 2 aromatic carbocycles. The Kier molecular flexibility index (Phi) is 4.83. The summed E-state index contributed by atoms with van der Waals surface area (Å²) in [5.41, 5.74) is -0.612. The third-order valence-electron chi connectivity index (χ3n) is 3.31. The summed E-state index contributed by atoms with van der Waals surface area (Å²) in [6.45, 7) is 0. The molecule has 0 aliphatic rings. The van der Waals surface area contributed by atoms with Gasteiger partial charge >= 0.3 is 6.18 Å². The maximum Gasteiger partial charge on any atom is 0.416 e. The van der Waals surface area contributed by atoms with Gasteiger partial charge in [-0.1, -0.05) is 12.1 Å². The topological polar surface area (TPSA) is 64.1 Å². The van der Waals surface area contributed by atoms with Crippen LogP contribution in [0.25, 0.3) is 0 Å². The lowest BCUT2D eigenvalue weighted by atomic mass is 10.1. The minimum atomic E-state index is -4.51. The fraction of sp³-hybridized carbons (Fsp3) is 0.0556. The molecule has 1 N–H and O–H groups in total. The van der Waals surface area contributed by atoms with Gasteiger partial charge in [0.05, 0.1) is 11.8 Å². The average molecular weight is 359 g/mol. The first-order valence-corrected chi connectivity index (χ1v) is 7.44. The lowest BCUT2D eigenvalue weighted by Crippen LogP contribution is -2.13. The van der Waals surface area contributed by atoms with Crippen LogP contribution in [0.3, 0.4) is 0 Å². The largest absolute Gasteiger partial charge is 0.437 e. The highest BCUT2D eigenvalue weighted by atomic mass is 19.4. The van der Waals surface area contributed by atoms with E-state index in [-0.39, 0.29) is 11.4 Å². The molecule has 0 aliphatic heterocycles. The number of nitrogens with zero attached hydrogens (tertiary/aromatic N) is 2. The second kappa shape index (κ2) is 7.22. The Morgan fingerprint density at radius 3 is 2.58 bits per heavy atom. The van der Waals surface area contributed by atoms with Crippen molar-refractivity contribution in [1.29, 1.82) is 0 Å². The maximum atomic E-state index is 12.8. The zero-order valence-corrected chi connectivity index (χ0v) is 13.2. The number of ether oxygens (including phenoxy) is 1. The van der Waals surface area contributed by atoms with E-state index in [1.807, 2.05) is 0 Å². The number of hydrogen-bond acceptors (Lipinski definition) is 4. The summed E-state index contributed by atoms with van der Waals surface area (Å²) in [6.07, 6.45) is -0.123. The van der Waals surface area contributed by atoms with Crippen LogP contribution in [0.15, 0.2) is 67.1 Å². The SMILES string of the molecule is O=C(Nc1cccc(Oc2cnccn2)c1)c1cccc(C(F)(F)F)c1. The van der Waals surface area contributed by atoms with Crippen molar-refractivity contribution in [3.8, 4) is 11.6 Å². The average Bonchev–Trinajstić information content (AvgIpc) is 2.62. The van der Waals surface area contributed by atoms with Crippen LogP contribution >= 0.6 is 0 Å². The van der Waals surface area contributed by atoms with Crippen LogP contribution < -0.4 is 10.1 Å². The molecule has 0 aliphatic carbocycles. The number of rotatable bonds is 4. The van der Waals surface area contributed by atoms with Gasteiger partial charge in [-0.3, -0.25) is 9.78 Å². The first-order chi connectivity index (χ1) is 12.4. The molecule has 1 amide bonds. The van der Waals surface area contributed by atoms with Crippen LogP contribution in [0.1, 0.15) is 15.9 Å². The molecule has 0 unspecified atom stereocenters. The van der Waals surface area contributed by atoms with Gasteiger partial charge < -0.3 is 10.1 Å². The van der Waals surface area contributed by atoms with Crippen LogP contribution in [0.4, 0.5) is 18.9 Å². The van der Waals surface area contributed by atoms with E-state index in [0.717, 1.165) is 12.1 Å². The van der Waals surface area contributed by atoms with Crippen molar-refractivity contribution in [1.82, 2.24) is 9.97 Å². The predicted octanol–water partition coefficient (Wildman–Crippen LogP) is 4.54. The molecule has 1 aromatic heterocycles. The minimum Gasteiger partial charge on any atom is -0.437 e. The number of alkyl halides is 3. The second-order valence-corrected chi connectivity index (χ2v) is 5.21. The van der Waals surface area contributed by atoms with E-state index in [0.29, 0.717) is 11.4 Å². The summed E-state index contributed by atoms with van der Waals surface area (Å²) in [5, 5.41) is 2.54. The fourth-order valence-electron chi connectivity index (χ4n) is 2.14. The van der Waals surface area contributed by atoms with Crippen molar-refractivity contribution in [2.75, 3.05) is 5.32 Å². The van der Waals surface area contributed by atoms with Crippen LogP contribution in [0.5, 0.6) is 11.6 Å². The molecule has 3 aromatic rings. The van der Waals surface area contributed by atoms with E-state index in [2.05, 4.69) is 15.3 Å². The van der Waals surface area contributed by atoms with Crippen molar-refractivity contribution in [2.24, 2.45) is 0 Å². The van der Waals surface area contributed by atoms with Gasteiger partial charge in [0, 0.05) is 29.7 Å². The molecule has 5 nitrogen and oxygen atoms in total. The van der Waals surface area contributed by atoms with Crippen LogP contribution in [-0.2, 0) is 6.18 Å². The second-order valence-electron chi connectivity index (χ2n) is 5.21. The molecule has 0 saturated carbocycles. The van der Waals surface area contributed by atoms with Crippen LogP contribution in [-0.4, -0.2) is 15.9 Å². The zero-order valence-electron chi connectivity index (χ0n) is 13.2. The number of carbonyl (C=O) groups excluding carboxylic acids is 1. The smallest absolute Gasteiger partial charge is 0.416 e. The van der Waals surface area contributed by atoms with E-state index >= 15 is 0 Å². The highest BCUT2D eigenvalue weighted by Gasteiger charge is 2.30. The molecular weight excluding hydrogens is 347 g/mol. The summed E-state index contributed by atoms with van der Waals surface area (Å²) >= 11 is 0. The van der Waals surface area contributed by atoms with E-state index < -0.39 is 17.6 Å². The Hall–Kier alpha value is -3.42. The fourth-order valence-corrected chi connectivity index (χ4v) is 2.14. The van der Waals surface area contributed by atoms with Crippen molar-refractivity contribution >= 4 is 11.6 Å². The first-order valence-electron chi connectivity index (χ1n) is 7.44. The molecule has 0 spiro atoms. The van der Waals surface area contributed by atoms with Gasteiger partial charge in [0.25, 0.3) is 5.91 Å². The number of anilines is 1. The molecule has 26 heavy (non-hydrogen) atoms. The standard InChI is InChI=1S/C18H12F3N3O2/c19-18(20,21)13-4-1-3-12(9-13)17(25)24-14-5-2-6-15(10-14)26-16-11-22-7-8-23-16/h1-11H,(H,24,25). The third kappa shape index (κ3) is 4.35. The summed E-state index contributed by atoms with van der Waals surface area (Å²) in [6, 6.07) is 10.6. The number of benzene rings is 2. The van der Waals surface area contributed by atoms with E-state index in [1.165, 1.54) is 36.8 Å². The summed E-state index contributed by atoms with van der Waals surface area (Å²) in [7, 11) is 0. The summed E-state index contributed by atoms with van der Waals surface area (Å²) in [5.74, 6) is 0.00829. The molecule has 0 radical (unpaired) electrons. The lowest BCUT2D eigenvalue weighted by molar-refractivity contribution is -0.137. The quantitative estimate of drug-likeness (QED) is 0.743. The molecule has 0 atom stereocenters. The highest BCUT2D eigenvalue weighted by molar-refractivity contribution is 6.04. The summed E-state index contributed by atoms with van der Waals surface area (Å²) < 4.78 is 43.8. The number of nitrogens with one attached hydrogen (secondary N) is 1. The normalized spacial score (nSPS) is 11.0. The predicted molar refractivity (Wildman–Crippen MR) is 87.9 cm³/mol. The summed E-state index contributed by atoms with van der Waals surface area (Å²) in [4.78, 5) is 20.1.